The Morgan fingerprint density at radius 2 is 0.581 bits per heavy atom. The van der Waals surface area contributed by atoms with E-state index in [1.807, 2.05) is 12.1 Å². The summed E-state index contributed by atoms with van der Waals surface area (Å²) in [7, 11) is 0. The second-order valence-electron chi connectivity index (χ2n) is 15.8. The number of benzene rings is 10. The van der Waals surface area contributed by atoms with Gasteiger partial charge in [0.15, 0.2) is 11.6 Å². The summed E-state index contributed by atoms with van der Waals surface area (Å²) in [6, 6.07) is 77.0. The Labute approximate surface area is 358 Å². The van der Waals surface area contributed by atoms with Crippen LogP contribution in [-0.2, 0) is 0 Å². The molecular formula is C58H36N4. The van der Waals surface area contributed by atoms with E-state index in [1.165, 1.54) is 32.7 Å². The SMILES string of the molecule is c1ccc2c(-c3ccc(-c4nc(-c5ccc6cc(-c7nc(-c8ccc(-c9cccc%10ccccc9%10)cc8)nc8ccccc78)ccc6c5)c5ccccc5n4)cc3)cccc2c1. The minimum absolute atomic E-state index is 0.702. The van der Waals surface area contributed by atoms with Gasteiger partial charge in [-0.1, -0.05) is 194 Å². The average molecular weight is 789 g/mol. The Hall–Kier alpha value is -8.34. The monoisotopic (exact) mass is 788 g/mol. The highest BCUT2D eigenvalue weighted by atomic mass is 14.9. The van der Waals surface area contributed by atoms with Crippen molar-refractivity contribution in [3.05, 3.63) is 218 Å². The van der Waals surface area contributed by atoms with Crippen molar-refractivity contribution in [2.45, 2.75) is 0 Å². The number of para-hydroxylation sites is 2. The van der Waals surface area contributed by atoms with Crippen molar-refractivity contribution in [2.24, 2.45) is 0 Å². The minimum atomic E-state index is 0.702. The van der Waals surface area contributed by atoms with Gasteiger partial charge in [-0.05, 0) is 78.8 Å². The first-order valence-corrected chi connectivity index (χ1v) is 21.0. The summed E-state index contributed by atoms with van der Waals surface area (Å²) in [5, 5.41) is 9.23. The third kappa shape index (κ3) is 6.25. The summed E-state index contributed by atoms with van der Waals surface area (Å²) in [4.78, 5) is 20.6. The van der Waals surface area contributed by atoms with Crippen molar-refractivity contribution < 1.29 is 0 Å². The van der Waals surface area contributed by atoms with Crippen molar-refractivity contribution in [1.82, 2.24) is 19.9 Å². The van der Waals surface area contributed by atoms with Gasteiger partial charge in [0, 0.05) is 33.0 Å². The molecule has 62 heavy (non-hydrogen) atoms. The van der Waals surface area contributed by atoms with Gasteiger partial charge < -0.3 is 0 Å². The quantitative estimate of drug-likeness (QED) is 0.168. The summed E-state index contributed by atoms with van der Waals surface area (Å²) in [5.74, 6) is 1.40. The van der Waals surface area contributed by atoms with Gasteiger partial charge in [0.05, 0.1) is 22.4 Å². The molecule has 0 aliphatic rings. The molecule has 0 saturated carbocycles. The van der Waals surface area contributed by atoms with Crippen LogP contribution < -0.4 is 0 Å². The first-order valence-electron chi connectivity index (χ1n) is 21.0. The van der Waals surface area contributed by atoms with E-state index in [0.717, 1.165) is 77.3 Å². The van der Waals surface area contributed by atoms with Crippen LogP contribution >= 0.6 is 0 Å². The summed E-state index contributed by atoms with van der Waals surface area (Å²) < 4.78 is 0. The highest BCUT2D eigenvalue weighted by molar-refractivity contribution is 6.01. The van der Waals surface area contributed by atoms with Crippen LogP contribution in [0.15, 0.2) is 218 Å². The molecule has 12 aromatic rings. The molecule has 2 aromatic heterocycles. The fourth-order valence-corrected chi connectivity index (χ4v) is 8.94. The summed E-state index contributed by atoms with van der Waals surface area (Å²) in [5.41, 5.74) is 12.4. The molecule has 0 spiro atoms. The van der Waals surface area contributed by atoms with Gasteiger partial charge in [-0.15, -0.1) is 0 Å². The molecule has 0 saturated heterocycles. The van der Waals surface area contributed by atoms with Crippen molar-refractivity contribution >= 4 is 54.1 Å². The number of aromatic nitrogens is 4. The molecule has 0 atom stereocenters. The maximum atomic E-state index is 5.25. The third-order valence-corrected chi connectivity index (χ3v) is 12.1. The van der Waals surface area contributed by atoms with Crippen molar-refractivity contribution in [3.63, 3.8) is 0 Å². The van der Waals surface area contributed by atoms with Gasteiger partial charge in [-0.3, -0.25) is 0 Å². The van der Waals surface area contributed by atoms with E-state index < -0.39 is 0 Å². The molecule has 0 aliphatic carbocycles. The summed E-state index contributed by atoms with van der Waals surface area (Å²) in [6.07, 6.45) is 0. The Morgan fingerprint density at radius 1 is 0.226 bits per heavy atom. The predicted octanol–water partition coefficient (Wildman–Crippen LogP) is 15.0. The van der Waals surface area contributed by atoms with Gasteiger partial charge in [0.2, 0.25) is 0 Å². The van der Waals surface area contributed by atoms with Gasteiger partial charge in [0.25, 0.3) is 0 Å². The van der Waals surface area contributed by atoms with Crippen LogP contribution in [0.2, 0.25) is 0 Å². The van der Waals surface area contributed by atoms with E-state index in [4.69, 9.17) is 19.9 Å². The molecule has 0 unspecified atom stereocenters. The highest BCUT2D eigenvalue weighted by Crippen LogP contribution is 2.37. The number of hydrogen-bond donors (Lipinski definition) is 0. The molecule has 4 nitrogen and oxygen atoms in total. The van der Waals surface area contributed by atoms with Gasteiger partial charge in [0.1, 0.15) is 0 Å². The lowest BCUT2D eigenvalue weighted by atomic mass is 9.97. The molecule has 0 bridgehead atoms. The lowest BCUT2D eigenvalue weighted by molar-refractivity contribution is 1.23. The standard InChI is InChI=1S/C58H36N4/c1-3-15-47-37(11-1)13-9-19-49(47)39-23-27-41(28-24-39)57-59-53-21-7-5-17-51(53)55(61-57)45-33-31-44-36-46(34-32-43(44)35-45)56-52-18-6-8-22-54(52)60-58(62-56)42-29-25-40(26-30-42)50-20-10-14-38-12-2-4-16-48(38)50/h1-36H. The molecule has 4 heteroatoms. The Bertz CT molecular complexity index is 3430. The zero-order valence-electron chi connectivity index (χ0n) is 33.6. The van der Waals surface area contributed by atoms with Crippen LogP contribution in [0, 0.1) is 0 Å². The van der Waals surface area contributed by atoms with E-state index in [2.05, 4.69) is 206 Å². The Kier molecular flexibility index (Phi) is 8.46. The molecule has 0 amide bonds. The van der Waals surface area contributed by atoms with Crippen LogP contribution in [0.4, 0.5) is 0 Å². The Balaban J connectivity index is 0.896. The molecule has 10 aromatic carbocycles. The van der Waals surface area contributed by atoms with Crippen LogP contribution in [0.1, 0.15) is 0 Å². The van der Waals surface area contributed by atoms with Crippen molar-refractivity contribution in [1.29, 1.82) is 0 Å². The fraction of sp³-hybridized carbons (Fsp3) is 0. The fourth-order valence-electron chi connectivity index (χ4n) is 8.94. The van der Waals surface area contributed by atoms with E-state index >= 15 is 0 Å². The average Bonchev–Trinajstić information content (AvgIpc) is 3.35. The first kappa shape index (κ1) is 35.6. The van der Waals surface area contributed by atoms with E-state index in [0.29, 0.717) is 11.6 Å². The van der Waals surface area contributed by atoms with Crippen molar-refractivity contribution in [2.75, 3.05) is 0 Å². The molecule has 0 fully saturated rings. The van der Waals surface area contributed by atoms with Crippen LogP contribution in [-0.4, -0.2) is 19.9 Å². The van der Waals surface area contributed by atoms with Crippen LogP contribution in [0.25, 0.3) is 122 Å². The highest BCUT2D eigenvalue weighted by Gasteiger charge is 2.16. The van der Waals surface area contributed by atoms with Gasteiger partial charge >= 0.3 is 0 Å². The number of fused-ring (bicyclic) bond motifs is 5. The maximum absolute atomic E-state index is 5.25. The first-order chi connectivity index (χ1) is 30.7. The molecule has 288 valence electrons. The number of rotatable bonds is 6. The second kappa shape index (κ2) is 14.7. The predicted molar refractivity (Wildman–Crippen MR) is 258 cm³/mol. The molecule has 12 rings (SSSR count). The molecule has 0 aliphatic heterocycles. The molecule has 0 N–H and O–H groups in total. The summed E-state index contributed by atoms with van der Waals surface area (Å²) in [6.45, 7) is 0. The second-order valence-corrected chi connectivity index (χ2v) is 15.8. The summed E-state index contributed by atoms with van der Waals surface area (Å²) >= 11 is 0. The molecule has 2 heterocycles. The zero-order chi connectivity index (χ0) is 41.0. The largest absolute Gasteiger partial charge is 0.228 e. The molecule has 0 radical (unpaired) electrons. The van der Waals surface area contributed by atoms with Crippen LogP contribution in [0.5, 0.6) is 0 Å². The normalized spacial score (nSPS) is 11.5. The van der Waals surface area contributed by atoms with E-state index in [1.54, 1.807) is 0 Å². The third-order valence-electron chi connectivity index (χ3n) is 12.1. The van der Waals surface area contributed by atoms with Gasteiger partial charge in [-0.2, -0.15) is 0 Å². The van der Waals surface area contributed by atoms with Crippen LogP contribution in [0.3, 0.4) is 0 Å². The zero-order valence-corrected chi connectivity index (χ0v) is 33.6. The topological polar surface area (TPSA) is 51.6 Å². The van der Waals surface area contributed by atoms with E-state index in [-0.39, 0.29) is 0 Å². The van der Waals surface area contributed by atoms with Crippen molar-refractivity contribution in [3.8, 4) is 67.5 Å². The molecular weight excluding hydrogens is 753 g/mol. The maximum Gasteiger partial charge on any atom is 0.160 e. The lowest BCUT2D eigenvalue weighted by Gasteiger charge is -2.13. The Morgan fingerprint density at radius 3 is 1.03 bits per heavy atom. The number of hydrogen-bond acceptors (Lipinski definition) is 4. The smallest absolute Gasteiger partial charge is 0.160 e. The minimum Gasteiger partial charge on any atom is -0.228 e. The lowest BCUT2D eigenvalue weighted by Crippen LogP contribution is -1.96. The van der Waals surface area contributed by atoms with Gasteiger partial charge in [-0.25, -0.2) is 19.9 Å². The number of nitrogens with zero attached hydrogens (tertiary/aromatic N) is 4. The van der Waals surface area contributed by atoms with E-state index in [9.17, 15) is 0 Å².